The Balaban J connectivity index is 1.89. The Bertz CT molecular complexity index is 637. The first-order valence-corrected chi connectivity index (χ1v) is 7.97. The highest BCUT2D eigenvalue weighted by Gasteiger charge is 2.04. The summed E-state index contributed by atoms with van der Waals surface area (Å²) in [6, 6.07) is 7.51. The molecular formula is C15H18N4O2S. The van der Waals surface area contributed by atoms with Gasteiger partial charge in [0.15, 0.2) is 0 Å². The summed E-state index contributed by atoms with van der Waals surface area (Å²) in [5, 5.41) is 9.90. The lowest BCUT2D eigenvalue weighted by atomic mass is 10.2. The van der Waals surface area contributed by atoms with E-state index < -0.39 is 0 Å². The third-order valence-corrected chi connectivity index (χ3v) is 3.33. The van der Waals surface area contributed by atoms with E-state index in [0.717, 1.165) is 17.1 Å². The summed E-state index contributed by atoms with van der Waals surface area (Å²) in [5.41, 5.74) is 0.915. The van der Waals surface area contributed by atoms with Crippen molar-refractivity contribution in [1.82, 2.24) is 15.2 Å². The van der Waals surface area contributed by atoms with E-state index in [1.165, 1.54) is 17.8 Å². The topological polar surface area (TPSA) is 79.9 Å². The van der Waals surface area contributed by atoms with Crippen LogP contribution >= 0.6 is 11.8 Å². The van der Waals surface area contributed by atoms with E-state index in [9.17, 15) is 4.79 Å². The van der Waals surface area contributed by atoms with Gasteiger partial charge in [-0.15, -0.1) is 5.10 Å². The molecule has 0 saturated carbocycles. The van der Waals surface area contributed by atoms with Gasteiger partial charge in [0, 0.05) is 6.08 Å². The lowest BCUT2D eigenvalue weighted by Crippen LogP contribution is -2.09. The first-order chi connectivity index (χ1) is 10.7. The largest absolute Gasteiger partial charge is 0.494 e. The van der Waals surface area contributed by atoms with Gasteiger partial charge < -0.3 is 4.74 Å². The number of carbonyl (C=O) groups excluding carboxylic acids is 1. The number of H-pyrrole nitrogens is 1. The molecule has 0 bridgehead atoms. The number of hydrogen-bond donors (Lipinski definition) is 2. The van der Waals surface area contributed by atoms with Crippen LogP contribution in [0.2, 0.25) is 0 Å². The lowest BCUT2D eigenvalue weighted by Gasteiger charge is -2.02. The van der Waals surface area contributed by atoms with E-state index in [-0.39, 0.29) is 5.91 Å². The fraction of sp³-hybridized carbons (Fsp3) is 0.267. The maximum Gasteiger partial charge on any atom is 0.250 e. The minimum Gasteiger partial charge on any atom is -0.494 e. The third-order valence-electron chi connectivity index (χ3n) is 2.60. The molecule has 1 heterocycles. The van der Waals surface area contributed by atoms with Gasteiger partial charge in [-0.25, -0.2) is 5.10 Å². The van der Waals surface area contributed by atoms with Crippen LogP contribution in [-0.2, 0) is 4.79 Å². The molecule has 1 amide bonds. The summed E-state index contributed by atoms with van der Waals surface area (Å²) < 4.78 is 5.36. The van der Waals surface area contributed by atoms with E-state index in [4.69, 9.17) is 4.74 Å². The lowest BCUT2D eigenvalue weighted by molar-refractivity contribution is -0.111. The van der Waals surface area contributed by atoms with Crippen LogP contribution in [0.4, 0.5) is 5.95 Å². The maximum absolute atomic E-state index is 11.8. The number of anilines is 1. The number of amides is 1. The Morgan fingerprint density at radius 3 is 2.82 bits per heavy atom. The number of hydrogen-bond acceptors (Lipinski definition) is 5. The minimum atomic E-state index is -0.266. The van der Waals surface area contributed by atoms with Gasteiger partial charge in [0.1, 0.15) is 5.75 Å². The van der Waals surface area contributed by atoms with Crippen LogP contribution in [0.3, 0.4) is 0 Å². The standard InChI is InChI=1S/C15H18N4O2S/c1-3-21-12-8-5-11(6-9-12)7-10-13(20)16-14-17-15(19-18-14)22-4-2/h5-10H,3-4H2,1-2H3,(H2,16,17,18,19,20)/b10-7+. The predicted octanol–water partition coefficient (Wildman–Crippen LogP) is 2.97. The molecule has 2 N–H and O–H groups in total. The molecule has 0 unspecified atom stereocenters. The van der Waals surface area contributed by atoms with E-state index in [2.05, 4.69) is 20.5 Å². The van der Waals surface area contributed by atoms with E-state index in [1.807, 2.05) is 38.1 Å². The SMILES string of the molecule is CCOc1ccc(/C=C/C(=O)Nc2nc(SCC)n[nH]2)cc1. The van der Waals surface area contributed by atoms with Crippen molar-refractivity contribution < 1.29 is 9.53 Å². The highest BCUT2D eigenvalue weighted by molar-refractivity contribution is 7.99. The summed E-state index contributed by atoms with van der Waals surface area (Å²) in [6.45, 7) is 4.58. The molecule has 2 rings (SSSR count). The van der Waals surface area contributed by atoms with Crippen LogP contribution in [0.15, 0.2) is 35.5 Å². The molecule has 1 aromatic carbocycles. The predicted molar refractivity (Wildman–Crippen MR) is 88.1 cm³/mol. The number of ether oxygens (including phenoxy) is 1. The number of nitrogens with one attached hydrogen (secondary N) is 2. The molecule has 6 nitrogen and oxygen atoms in total. The number of benzene rings is 1. The molecule has 0 saturated heterocycles. The molecule has 0 fully saturated rings. The Morgan fingerprint density at radius 1 is 1.36 bits per heavy atom. The normalized spacial score (nSPS) is 10.8. The van der Waals surface area contributed by atoms with E-state index in [0.29, 0.717) is 17.7 Å². The number of aromatic amines is 1. The molecule has 0 aliphatic carbocycles. The summed E-state index contributed by atoms with van der Waals surface area (Å²) >= 11 is 1.50. The van der Waals surface area contributed by atoms with Gasteiger partial charge in [0.2, 0.25) is 11.1 Å². The third kappa shape index (κ3) is 4.92. The second kappa shape index (κ2) is 8.23. The van der Waals surface area contributed by atoms with Crippen molar-refractivity contribution in [2.75, 3.05) is 17.7 Å². The van der Waals surface area contributed by atoms with Crippen LogP contribution in [0.25, 0.3) is 6.08 Å². The van der Waals surface area contributed by atoms with Gasteiger partial charge in [-0.3, -0.25) is 10.1 Å². The fourth-order valence-electron chi connectivity index (χ4n) is 1.67. The van der Waals surface area contributed by atoms with Crippen LogP contribution in [-0.4, -0.2) is 33.4 Å². The highest BCUT2D eigenvalue weighted by atomic mass is 32.2. The van der Waals surface area contributed by atoms with Gasteiger partial charge in [0.25, 0.3) is 5.91 Å². The molecule has 0 atom stereocenters. The van der Waals surface area contributed by atoms with Gasteiger partial charge in [-0.1, -0.05) is 30.8 Å². The molecule has 0 aliphatic rings. The zero-order chi connectivity index (χ0) is 15.8. The highest BCUT2D eigenvalue weighted by Crippen LogP contribution is 2.14. The van der Waals surface area contributed by atoms with Crippen LogP contribution in [0, 0.1) is 0 Å². The maximum atomic E-state index is 11.8. The minimum absolute atomic E-state index is 0.266. The Hall–Kier alpha value is -2.28. The number of rotatable bonds is 7. The van der Waals surface area contributed by atoms with Gasteiger partial charge in [-0.2, -0.15) is 4.98 Å². The molecule has 2 aromatic rings. The molecule has 0 radical (unpaired) electrons. The van der Waals surface area contributed by atoms with Crippen LogP contribution < -0.4 is 10.1 Å². The number of carbonyl (C=O) groups is 1. The van der Waals surface area contributed by atoms with Crippen molar-refractivity contribution in [3.05, 3.63) is 35.9 Å². The molecule has 1 aromatic heterocycles. The first kappa shape index (κ1) is 16.1. The summed E-state index contributed by atoms with van der Waals surface area (Å²) in [6.07, 6.45) is 3.17. The van der Waals surface area contributed by atoms with Crippen LogP contribution in [0.5, 0.6) is 5.75 Å². The Morgan fingerprint density at radius 2 is 2.14 bits per heavy atom. The zero-order valence-corrected chi connectivity index (χ0v) is 13.3. The molecule has 7 heteroatoms. The fourth-order valence-corrected chi connectivity index (χ4v) is 2.19. The van der Waals surface area contributed by atoms with Crippen molar-refractivity contribution in [1.29, 1.82) is 0 Å². The summed E-state index contributed by atoms with van der Waals surface area (Å²) in [7, 11) is 0. The second-order valence-electron chi connectivity index (χ2n) is 4.22. The molecule has 22 heavy (non-hydrogen) atoms. The molecular weight excluding hydrogens is 300 g/mol. The van der Waals surface area contributed by atoms with Crippen LogP contribution in [0.1, 0.15) is 19.4 Å². The van der Waals surface area contributed by atoms with Gasteiger partial charge in [0.05, 0.1) is 6.61 Å². The van der Waals surface area contributed by atoms with Crippen molar-refractivity contribution in [2.24, 2.45) is 0 Å². The second-order valence-corrected chi connectivity index (χ2v) is 5.46. The average molecular weight is 318 g/mol. The molecule has 116 valence electrons. The first-order valence-electron chi connectivity index (χ1n) is 6.98. The Labute approximate surface area is 133 Å². The van der Waals surface area contributed by atoms with Crippen molar-refractivity contribution in [3.8, 4) is 5.75 Å². The van der Waals surface area contributed by atoms with Crippen molar-refractivity contribution >= 4 is 29.7 Å². The van der Waals surface area contributed by atoms with Gasteiger partial charge in [-0.05, 0) is 36.4 Å². The molecule has 0 aliphatic heterocycles. The summed E-state index contributed by atoms with van der Waals surface area (Å²) in [5.74, 6) is 1.77. The average Bonchev–Trinajstić information content (AvgIpc) is 2.94. The summed E-state index contributed by atoms with van der Waals surface area (Å²) in [4.78, 5) is 15.9. The molecule has 0 spiro atoms. The van der Waals surface area contributed by atoms with E-state index in [1.54, 1.807) is 6.08 Å². The van der Waals surface area contributed by atoms with Gasteiger partial charge >= 0.3 is 0 Å². The monoisotopic (exact) mass is 318 g/mol. The van der Waals surface area contributed by atoms with Crippen molar-refractivity contribution in [3.63, 3.8) is 0 Å². The van der Waals surface area contributed by atoms with E-state index >= 15 is 0 Å². The number of aromatic nitrogens is 3. The number of thioether (sulfide) groups is 1. The van der Waals surface area contributed by atoms with Crippen molar-refractivity contribution in [2.45, 2.75) is 19.0 Å². The quantitative estimate of drug-likeness (QED) is 0.606. The zero-order valence-electron chi connectivity index (χ0n) is 12.5. The number of nitrogens with zero attached hydrogens (tertiary/aromatic N) is 2. The smallest absolute Gasteiger partial charge is 0.250 e. The Kier molecular flexibility index (Phi) is 6.02.